The average molecular weight is 421 g/mol. The quantitative estimate of drug-likeness (QED) is 0.665. The van der Waals surface area contributed by atoms with Crippen LogP contribution in [0.4, 0.5) is 17.6 Å². The van der Waals surface area contributed by atoms with Gasteiger partial charge in [-0.05, 0) is 19.9 Å². The standard InChI is InChI=1S/C17H13ClF4N2O4/c1-16(2)6-9(25)12-7(18)4-8(19)13(14(12)28-16)24-11(26)5-10(17(20,21)22)23(3)15(24)27/h4-5H,6H2,1-3H3. The number of hydrogen-bond acceptors (Lipinski definition) is 4. The maximum absolute atomic E-state index is 14.7. The van der Waals surface area contributed by atoms with E-state index >= 15 is 0 Å². The van der Waals surface area contributed by atoms with Gasteiger partial charge in [0.1, 0.15) is 17.0 Å². The number of fused-ring (bicyclic) bond motifs is 1. The van der Waals surface area contributed by atoms with Gasteiger partial charge in [0, 0.05) is 13.1 Å². The molecule has 0 unspecified atom stereocenters. The molecule has 3 rings (SSSR count). The third kappa shape index (κ3) is 3.11. The van der Waals surface area contributed by atoms with E-state index in [1.54, 1.807) is 0 Å². The Morgan fingerprint density at radius 1 is 1.18 bits per heavy atom. The first-order chi connectivity index (χ1) is 12.7. The lowest BCUT2D eigenvalue weighted by Crippen LogP contribution is -2.43. The zero-order chi connectivity index (χ0) is 21.2. The van der Waals surface area contributed by atoms with Crippen molar-refractivity contribution in [1.29, 1.82) is 0 Å². The molecular formula is C17H13ClF4N2O4. The highest BCUT2D eigenvalue weighted by atomic mass is 35.5. The van der Waals surface area contributed by atoms with Crippen LogP contribution < -0.4 is 16.0 Å². The summed E-state index contributed by atoms with van der Waals surface area (Å²) >= 11 is 5.93. The Labute approximate surface area is 159 Å². The van der Waals surface area contributed by atoms with Gasteiger partial charge >= 0.3 is 11.9 Å². The number of hydrogen-bond donors (Lipinski definition) is 0. The van der Waals surface area contributed by atoms with E-state index in [2.05, 4.69) is 0 Å². The van der Waals surface area contributed by atoms with Crippen LogP contribution in [0.15, 0.2) is 21.7 Å². The predicted octanol–water partition coefficient (Wildman–Crippen LogP) is 3.09. The van der Waals surface area contributed by atoms with Crippen LogP contribution in [0.25, 0.3) is 5.69 Å². The number of aromatic nitrogens is 2. The second-order valence-electron chi connectivity index (χ2n) is 6.90. The lowest BCUT2D eigenvalue weighted by molar-refractivity contribution is -0.144. The fourth-order valence-corrected chi connectivity index (χ4v) is 3.33. The molecule has 0 aliphatic carbocycles. The van der Waals surface area contributed by atoms with Crippen LogP contribution in [0.2, 0.25) is 5.02 Å². The van der Waals surface area contributed by atoms with Crippen LogP contribution in [-0.2, 0) is 13.2 Å². The maximum Gasteiger partial charge on any atom is 0.431 e. The summed E-state index contributed by atoms with van der Waals surface area (Å²) < 4.78 is 59.8. The summed E-state index contributed by atoms with van der Waals surface area (Å²) in [5, 5.41) is -0.298. The van der Waals surface area contributed by atoms with Gasteiger partial charge in [-0.3, -0.25) is 14.2 Å². The number of carbonyl (C=O) groups is 1. The maximum atomic E-state index is 14.7. The fourth-order valence-electron chi connectivity index (χ4n) is 3.05. The number of alkyl halides is 3. The van der Waals surface area contributed by atoms with Crippen LogP contribution in [0, 0.1) is 5.82 Å². The molecule has 1 aromatic carbocycles. The van der Waals surface area contributed by atoms with Crippen LogP contribution >= 0.6 is 11.6 Å². The lowest BCUT2D eigenvalue weighted by atomic mass is 9.92. The molecule has 150 valence electrons. The Hall–Kier alpha value is -2.62. The Morgan fingerprint density at radius 2 is 1.79 bits per heavy atom. The van der Waals surface area contributed by atoms with Gasteiger partial charge in [0.15, 0.2) is 17.3 Å². The molecule has 1 aromatic heterocycles. The molecule has 11 heteroatoms. The zero-order valence-electron chi connectivity index (χ0n) is 14.8. The highest BCUT2D eigenvalue weighted by Gasteiger charge is 2.39. The lowest BCUT2D eigenvalue weighted by Gasteiger charge is -2.33. The van der Waals surface area contributed by atoms with Gasteiger partial charge in [-0.1, -0.05) is 11.6 Å². The molecule has 0 saturated heterocycles. The van der Waals surface area contributed by atoms with Gasteiger partial charge in [-0.15, -0.1) is 0 Å². The van der Waals surface area contributed by atoms with E-state index in [9.17, 15) is 31.9 Å². The zero-order valence-corrected chi connectivity index (χ0v) is 15.5. The van der Waals surface area contributed by atoms with Gasteiger partial charge in [-0.2, -0.15) is 13.2 Å². The summed E-state index contributed by atoms with van der Waals surface area (Å²) in [7, 11) is 0.789. The third-order valence-corrected chi connectivity index (χ3v) is 4.54. The largest absolute Gasteiger partial charge is 0.484 e. The summed E-state index contributed by atoms with van der Waals surface area (Å²) in [5.74, 6) is -2.19. The topological polar surface area (TPSA) is 70.3 Å². The first-order valence-corrected chi connectivity index (χ1v) is 8.27. The number of ether oxygens (including phenoxy) is 1. The van der Waals surface area contributed by atoms with E-state index in [1.807, 2.05) is 0 Å². The second-order valence-corrected chi connectivity index (χ2v) is 7.30. The van der Waals surface area contributed by atoms with Crippen molar-refractivity contribution in [3.63, 3.8) is 0 Å². The number of rotatable bonds is 1. The summed E-state index contributed by atoms with van der Waals surface area (Å²) in [6, 6.07) is 0.872. The van der Waals surface area contributed by atoms with Gasteiger partial charge in [0.25, 0.3) is 5.56 Å². The number of benzene rings is 1. The summed E-state index contributed by atoms with van der Waals surface area (Å²) in [6.45, 7) is 3.04. The number of carbonyl (C=O) groups excluding carboxylic acids is 1. The van der Waals surface area contributed by atoms with Crippen molar-refractivity contribution in [3.8, 4) is 11.4 Å². The molecule has 0 amide bonds. The van der Waals surface area contributed by atoms with Crippen LogP contribution in [-0.4, -0.2) is 20.5 Å². The van der Waals surface area contributed by atoms with Crippen molar-refractivity contribution in [3.05, 3.63) is 55.1 Å². The molecule has 0 atom stereocenters. The molecule has 28 heavy (non-hydrogen) atoms. The Morgan fingerprint density at radius 3 is 2.36 bits per heavy atom. The first kappa shape index (κ1) is 20.1. The van der Waals surface area contributed by atoms with E-state index in [-0.39, 0.29) is 32.2 Å². The number of ketones is 1. The minimum atomic E-state index is -4.97. The van der Waals surface area contributed by atoms with E-state index in [1.165, 1.54) is 13.8 Å². The van der Waals surface area contributed by atoms with Crippen LogP contribution in [0.5, 0.6) is 5.75 Å². The monoisotopic (exact) mass is 420 g/mol. The van der Waals surface area contributed by atoms with E-state index in [4.69, 9.17) is 16.3 Å². The average Bonchev–Trinajstić information content (AvgIpc) is 2.50. The summed E-state index contributed by atoms with van der Waals surface area (Å²) in [5.41, 5.74) is -6.51. The smallest absolute Gasteiger partial charge is 0.431 e. The fraction of sp³-hybridized carbons (Fsp3) is 0.353. The number of halogens is 5. The van der Waals surface area contributed by atoms with Crippen LogP contribution in [0.1, 0.15) is 36.3 Å². The van der Waals surface area contributed by atoms with Crippen molar-refractivity contribution in [2.45, 2.75) is 32.0 Å². The van der Waals surface area contributed by atoms with Crippen LogP contribution in [0.3, 0.4) is 0 Å². The minimum absolute atomic E-state index is 0.106. The van der Waals surface area contributed by atoms with Gasteiger partial charge < -0.3 is 4.74 Å². The van der Waals surface area contributed by atoms with Crippen molar-refractivity contribution in [2.75, 3.05) is 0 Å². The Balaban J connectivity index is 2.44. The summed E-state index contributed by atoms with van der Waals surface area (Å²) in [6.07, 6.45) is -5.08. The van der Waals surface area contributed by atoms with Gasteiger partial charge in [-0.25, -0.2) is 13.8 Å². The molecule has 2 heterocycles. The molecule has 1 aliphatic heterocycles. The molecule has 0 spiro atoms. The molecule has 0 radical (unpaired) electrons. The molecule has 1 aliphatic rings. The minimum Gasteiger partial charge on any atom is -0.484 e. The molecule has 2 aromatic rings. The summed E-state index contributed by atoms with van der Waals surface area (Å²) in [4.78, 5) is 37.3. The second kappa shape index (κ2) is 6.20. The van der Waals surface area contributed by atoms with Gasteiger partial charge in [0.05, 0.1) is 17.0 Å². The number of Topliss-reactive ketones (excluding diaryl/α,β-unsaturated/α-hetero) is 1. The van der Waals surface area contributed by atoms with Crippen molar-refractivity contribution < 1.29 is 27.1 Å². The third-order valence-electron chi connectivity index (χ3n) is 4.24. The van der Waals surface area contributed by atoms with Crippen molar-refractivity contribution >= 4 is 17.4 Å². The SMILES string of the molecule is Cn1c(C(F)(F)F)cc(=O)n(-c2c(F)cc(Cl)c3c2OC(C)(C)CC3=O)c1=O. The van der Waals surface area contributed by atoms with E-state index in [0.29, 0.717) is 6.07 Å². The molecule has 0 bridgehead atoms. The van der Waals surface area contributed by atoms with Gasteiger partial charge in [0.2, 0.25) is 0 Å². The predicted molar refractivity (Wildman–Crippen MR) is 90.9 cm³/mol. The highest BCUT2D eigenvalue weighted by molar-refractivity contribution is 6.34. The first-order valence-electron chi connectivity index (χ1n) is 7.89. The molecule has 0 saturated carbocycles. The molecular weight excluding hydrogens is 408 g/mol. The number of nitrogens with zero attached hydrogens (tertiary/aromatic N) is 2. The normalized spacial score (nSPS) is 15.9. The van der Waals surface area contributed by atoms with E-state index < -0.39 is 51.8 Å². The molecule has 0 N–H and O–H groups in total. The molecule has 0 fully saturated rings. The van der Waals surface area contributed by atoms with E-state index in [0.717, 1.165) is 7.05 Å². The Bertz CT molecular complexity index is 1130. The Kier molecular flexibility index (Phi) is 4.45. The molecule has 6 nitrogen and oxygen atoms in total. The van der Waals surface area contributed by atoms with Crippen molar-refractivity contribution in [1.82, 2.24) is 9.13 Å². The highest BCUT2D eigenvalue weighted by Crippen LogP contribution is 2.42. The van der Waals surface area contributed by atoms with Crippen molar-refractivity contribution in [2.24, 2.45) is 7.05 Å².